The minimum Gasteiger partial charge on any atom is -0.384 e. The molecule has 0 aromatic carbocycles. The van der Waals surface area contributed by atoms with Gasteiger partial charge in [-0.15, -0.1) is 0 Å². The summed E-state index contributed by atoms with van der Waals surface area (Å²) in [6.07, 6.45) is 5.26. The highest BCUT2D eigenvalue weighted by molar-refractivity contribution is 5.94. The summed E-state index contributed by atoms with van der Waals surface area (Å²) >= 11 is 0. The number of H-pyrrole nitrogens is 1. The van der Waals surface area contributed by atoms with Crippen LogP contribution in [0.1, 0.15) is 25.4 Å². The van der Waals surface area contributed by atoms with Crippen LogP contribution in [0.15, 0.2) is 17.3 Å². The number of imidazole rings is 1. The Balaban J connectivity index is 0.000000791. The first-order chi connectivity index (χ1) is 6.72. The van der Waals surface area contributed by atoms with Crippen LogP contribution in [0.4, 0.5) is 0 Å². The standard InChI is InChI=1S/C8H12N4.C2H6/c1-6-5-11-8(12-6)4-3-7(9)10-2;1-2/h3-5H,1-2H3,(H2,9,10)(H,11,12);1-2H3/b4-3-;. The Labute approximate surface area is 85.0 Å². The smallest absolute Gasteiger partial charge is 0.130 e. The molecule has 1 heterocycles. The molecule has 4 heteroatoms. The minimum absolute atomic E-state index is 0.490. The van der Waals surface area contributed by atoms with Crippen molar-refractivity contribution in [2.75, 3.05) is 7.05 Å². The van der Waals surface area contributed by atoms with Gasteiger partial charge in [-0.25, -0.2) is 4.98 Å². The molecule has 0 atom stereocenters. The van der Waals surface area contributed by atoms with E-state index in [2.05, 4.69) is 15.0 Å². The highest BCUT2D eigenvalue weighted by atomic mass is 14.9. The first kappa shape index (κ1) is 12.4. The monoisotopic (exact) mass is 194 g/mol. The summed E-state index contributed by atoms with van der Waals surface area (Å²) in [5.41, 5.74) is 6.48. The third-order valence-electron chi connectivity index (χ3n) is 1.39. The molecule has 1 aromatic heterocycles. The van der Waals surface area contributed by atoms with Crippen molar-refractivity contribution >= 4 is 11.9 Å². The fourth-order valence-electron chi connectivity index (χ4n) is 0.756. The van der Waals surface area contributed by atoms with E-state index in [1.54, 1.807) is 25.4 Å². The molecule has 14 heavy (non-hydrogen) atoms. The van der Waals surface area contributed by atoms with Gasteiger partial charge in [-0.05, 0) is 19.1 Å². The Hall–Kier alpha value is -1.58. The van der Waals surface area contributed by atoms with E-state index in [-0.39, 0.29) is 0 Å². The molecule has 0 aliphatic heterocycles. The summed E-state index contributed by atoms with van der Waals surface area (Å²) in [7, 11) is 1.65. The van der Waals surface area contributed by atoms with Gasteiger partial charge in [0.25, 0.3) is 0 Å². The van der Waals surface area contributed by atoms with Crippen molar-refractivity contribution in [3.63, 3.8) is 0 Å². The molecule has 0 bridgehead atoms. The van der Waals surface area contributed by atoms with E-state index < -0.39 is 0 Å². The van der Waals surface area contributed by atoms with Gasteiger partial charge in [-0.1, -0.05) is 13.8 Å². The molecule has 0 aliphatic rings. The summed E-state index contributed by atoms with van der Waals surface area (Å²) in [4.78, 5) is 10.9. The van der Waals surface area contributed by atoms with Crippen LogP contribution in [0.2, 0.25) is 0 Å². The largest absolute Gasteiger partial charge is 0.384 e. The quantitative estimate of drug-likeness (QED) is 0.556. The Bertz CT molecular complexity index is 310. The molecule has 1 aromatic rings. The second-order valence-electron chi connectivity index (χ2n) is 2.43. The van der Waals surface area contributed by atoms with Crippen LogP contribution >= 0.6 is 0 Å². The van der Waals surface area contributed by atoms with Crippen LogP contribution in [-0.2, 0) is 0 Å². The van der Waals surface area contributed by atoms with Crippen molar-refractivity contribution < 1.29 is 0 Å². The molecular weight excluding hydrogens is 176 g/mol. The van der Waals surface area contributed by atoms with Gasteiger partial charge in [-0.3, -0.25) is 4.99 Å². The SMILES string of the molecule is CC.CN=C(N)/C=C\c1ncc(C)[nH]1. The predicted molar refractivity (Wildman–Crippen MR) is 61.3 cm³/mol. The number of rotatable bonds is 2. The Morgan fingerprint density at radius 2 is 2.21 bits per heavy atom. The van der Waals surface area contributed by atoms with Gasteiger partial charge in [0.1, 0.15) is 11.7 Å². The molecule has 0 aliphatic carbocycles. The molecule has 0 saturated carbocycles. The van der Waals surface area contributed by atoms with Gasteiger partial charge < -0.3 is 10.7 Å². The van der Waals surface area contributed by atoms with Crippen LogP contribution in [-0.4, -0.2) is 22.9 Å². The lowest BCUT2D eigenvalue weighted by Crippen LogP contribution is -2.06. The molecular formula is C10H18N4. The lowest BCUT2D eigenvalue weighted by atomic mass is 10.4. The number of aromatic nitrogens is 2. The Morgan fingerprint density at radius 1 is 1.57 bits per heavy atom. The van der Waals surface area contributed by atoms with Crippen molar-refractivity contribution in [3.05, 3.63) is 23.8 Å². The number of aryl methyl sites for hydroxylation is 1. The molecule has 0 radical (unpaired) electrons. The zero-order chi connectivity index (χ0) is 11.0. The fourth-order valence-corrected chi connectivity index (χ4v) is 0.756. The molecule has 0 fully saturated rings. The van der Waals surface area contributed by atoms with E-state index in [0.29, 0.717) is 5.84 Å². The van der Waals surface area contributed by atoms with E-state index in [4.69, 9.17) is 5.73 Å². The van der Waals surface area contributed by atoms with E-state index in [1.165, 1.54) is 0 Å². The van der Waals surface area contributed by atoms with Crippen LogP contribution in [0.25, 0.3) is 6.08 Å². The van der Waals surface area contributed by atoms with E-state index in [1.807, 2.05) is 20.8 Å². The number of nitrogens with two attached hydrogens (primary N) is 1. The summed E-state index contributed by atoms with van der Waals surface area (Å²) in [5.74, 6) is 1.28. The number of nitrogens with one attached hydrogen (secondary N) is 1. The number of amidine groups is 1. The van der Waals surface area contributed by atoms with Crippen molar-refractivity contribution in [1.82, 2.24) is 9.97 Å². The number of hydrogen-bond acceptors (Lipinski definition) is 2. The fraction of sp³-hybridized carbons (Fsp3) is 0.400. The van der Waals surface area contributed by atoms with Crippen LogP contribution < -0.4 is 5.73 Å². The first-order valence-electron chi connectivity index (χ1n) is 4.64. The predicted octanol–water partition coefficient (Wildman–Crippen LogP) is 1.74. The molecule has 3 N–H and O–H groups in total. The summed E-state index contributed by atoms with van der Waals surface area (Å²) < 4.78 is 0. The van der Waals surface area contributed by atoms with Gasteiger partial charge in [0, 0.05) is 18.9 Å². The summed E-state index contributed by atoms with van der Waals surface area (Å²) in [5, 5.41) is 0. The van der Waals surface area contributed by atoms with Gasteiger partial charge in [0.2, 0.25) is 0 Å². The highest BCUT2D eigenvalue weighted by Crippen LogP contribution is 1.96. The normalized spacial score (nSPS) is 11.3. The lowest BCUT2D eigenvalue weighted by Gasteiger charge is -1.86. The third-order valence-corrected chi connectivity index (χ3v) is 1.39. The van der Waals surface area contributed by atoms with Crippen molar-refractivity contribution in [3.8, 4) is 0 Å². The maximum Gasteiger partial charge on any atom is 0.130 e. The Kier molecular flexibility index (Phi) is 6.11. The molecule has 1 rings (SSSR count). The maximum absolute atomic E-state index is 5.45. The number of aromatic amines is 1. The molecule has 0 amide bonds. The van der Waals surface area contributed by atoms with Crippen molar-refractivity contribution in [1.29, 1.82) is 0 Å². The van der Waals surface area contributed by atoms with Gasteiger partial charge >= 0.3 is 0 Å². The summed E-state index contributed by atoms with van der Waals surface area (Å²) in [6.45, 7) is 5.95. The first-order valence-corrected chi connectivity index (χ1v) is 4.64. The molecule has 0 unspecified atom stereocenters. The lowest BCUT2D eigenvalue weighted by molar-refractivity contribution is 1.22. The van der Waals surface area contributed by atoms with E-state index >= 15 is 0 Å². The number of aliphatic imine (C=N–C) groups is 1. The second kappa shape index (κ2) is 6.88. The van der Waals surface area contributed by atoms with Gasteiger partial charge in [0.05, 0.1) is 0 Å². The second-order valence-corrected chi connectivity index (χ2v) is 2.43. The number of hydrogen-bond donors (Lipinski definition) is 2. The molecule has 0 saturated heterocycles. The van der Waals surface area contributed by atoms with Crippen LogP contribution in [0.5, 0.6) is 0 Å². The Morgan fingerprint density at radius 3 is 2.64 bits per heavy atom. The third kappa shape index (κ3) is 4.45. The van der Waals surface area contributed by atoms with Gasteiger partial charge in [0.15, 0.2) is 0 Å². The van der Waals surface area contributed by atoms with E-state index in [0.717, 1.165) is 11.5 Å². The average molecular weight is 194 g/mol. The molecule has 78 valence electrons. The summed E-state index contributed by atoms with van der Waals surface area (Å²) in [6, 6.07) is 0. The van der Waals surface area contributed by atoms with Crippen molar-refractivity contribution in [2.24, 2.45) is 10.7 Å². The zero-order valence-electron chi connectivity index (χ0n) is 9.20. The molecule has 4 nitrogen and oxygen atoms in total. The van der Waals surface area contributed by atoms with Crippen LogP contribution in [0, 0.1) is 6.92 Å². The van der Waals surface area contributed by atoms with Gasteiger partial charge in [-0.2, -0.15) is 0 Å². The van der Waals surface area contributed by atoms with E-state index in [9.17, 15) is 0 Å². The van der Waals surface area contributed by atoms with Crippen molar-refractivity contribution in [2.45, 2.75) is 20.8 Å². The number of nitrogens with zero attached hydrogens (tertiary/aromatic N) is 2. The van der Waals surface area contributed by atoms with Crippen LogP contribution in [0.3, 0.4) is 0 Å². The molecule has 0 spiro atoms. The average Bonchev–Trinajstić information content (AvgIpc) is 2.64. The maximum atomic E-state index is 5.45. The highest BCUT2D eigenvalue weighted by Gasteiger charge is 1.90. The minimum atomic E-state index is 0.490. The zero-order valence-corrected chi connectivity index (χ0v) is 9.20. The topological polar surface area (TPSA) is 67.1 Å².